The molecule has 1 radical (unpaired) electrons. The zero-order valence-corrected chi connectivity index (χ0v) is 22.0. The molecule has 1 aliphatic heterocycles. The van der Waals surface area contributed by atoms with Gasteiger partial charge < -0.3 is 45.3 Å². The number of H-pyrrole nitrogens is 1. The molecule has 6 unspecified atom stereocenters. The van der Waals surface area contributed by atoms with E-state index in [4.69, 9.17) is 21.1 Å². The minimum atomic E-state index is -2.52. The van der Waals surface area contributed by atoms with Crippen molar-refractivity contribution < 1.29 is 44.6 Å². The number of aromatic nitrogens is 1. The average molecular weight is 561 g/mol. The molecule has 1 amide bonds. The fraction of sp³-hybridized carbons (Fsp3) is 0.474. The maximum Gasteiger partial charge on any atom is 0.377 e. The van der Waals surface area contributed by atoms with Crippen molar-refractivity contribution in [2.75, 3.05) is 6.61 Å². The van der Waals surface area contributed by atoms with E-state index in [1.54, 1.807) is 12.1 Å². The maximum atomic E-state index is 12.3. The normalized spacial score (nSPS) is 26.8. The van der Waals surface area contributed by atoms with Crippen LogP contribution in [0.4, 0.5) is 0 Å². The fourth-order valence-corrected chi connectivity index (χ4v) is 4.21. The molecule has 1 fully saturated rings. The number of aromatic amines is 1. The fourth-order valence-electron chi connectivity index (χ4n) is 3.62. The Morgan fingerprint density at radius 3 is 2.67 bits per heavy atom. The number of hydrogen-bond donors (Lipinski definition) is 7. The third-order valence-corrected chi connectivity index (χ3v) is 6.44. The van der Waals surface area contributed by atoms with E-state index in [-0.39, 0.29) is 40.3 Å². The van der Waals surface area contributed by atoms with Gasteiger partial charge in [-0.3, -0.25) is 4.79 Å². The van der Waals surface area contributed by atoms with Crippen LogP contribution in [-0.2, 0) is 14.3 Å². The van der Waals surface area contributed by atoms with E-state index in [1.807, 2.05) is 0 Å². The number of carbonyl (C=O) groups excluding carboxylic acids is 1. The van der Waals surface area contributed by atoms with Gasteiger partial charge in [0.15, 0.2) is 5.75 Å². The Morgan fingerprint density at radius 2 is 2.09 bits per heavy atom. The predicted octanol–water partition coefficient (Wildman–Crippen LogP) is -0.269. The third kappa shape index (κ3) is 5.67. The van der Waals surface area contributed by atoms with Crippen LogP contribution in [-0.4, -0.2) is 115 Å². The number of aliphatic hydroxyl groups is 4. The van der Waals surface area contributed by atoms with Crippen LogP contribution >= 0.6 is 27.5 Å². The minimum absolute atomic E-state index is 0. The second kappa shape index (κ2) is 11.2. The van der Waals surface area contributed by atoms with Gasteiger partial charge in [-0.2, -0.15) is 0 Å². The van der Waals surface area contributed by atoms with Crippen LogP contribution in [0.25, 0.3) is 10.9 Å². The molecule has 0 bridgehead atoms. The van der Waals surface area contributed by atoms with Gasteiger partial charge in [-0.25, -0.2) is 4.79 Å². The summed E-state index contributed by atoms with van der Waals surface area (Å²) in [6.45, 7) is 0.275. The first-order valence-electron chi connectivity index (χ1n) is 9.48. The van der Waals surface area contributed by atoms with E-state index < -0.39 is 61.1 Å². The van der Waals surface area contributed by atoms with Gasteiger partial charge >= 0.3 is 11.8 Å². The van der Waals surface area contributed by atoms with E-state index in [0.29, 0.717) is 15.4 Å². The molecule has 2 aromatic rings. The van der Waals surface area contributed by atoms with Gasteiger partial charge in [0.05, 0.1) is 41.1 Å². The van der Waals surface area contributed by atoms with Crippen molar-refractivity contribution in [3.63, 3.8) is 0 Å². The Balaban J connectivity index is 0.00000385. The first-order chi connectivity index (χ1) is 15.0. The van der Waals surface area contributed by atoms with Crippen molar-refractivity contribution in [3.8, 4) is 5.75 Å². The summed E-state index contributed by atoms with van der Waals surface area (Å²) in [5.41, 5.74) is 0.536. The number of hydrogen-bond acceptors (Lipinski definition) is 8. The molecule has 0 spiro atoms. The second-order valence-corrected chi connectivity index (χ2v) is 8.65. The first-order valence-corrected chi connectivity index (χ1v) is 10.6. The molecule has 177 valence electrons. The molecule has 0 aliphatic carbocycles. The second-order valence-electron chi connectivity index (χ2n) is 7.42. The SMILES string of the molecule is CC(=O)NC1C(O)CC(Oc2c[nH]c3ccc(Br)c(Cl)c23)(C(=O)O)OC1C(O)C(O)CO.[Na]. The molecular weight excluding hydrogens is 539 g/mol. The van der Waals surface area contributed by atoms with Crippen LogP contribution in [0.5, 0.6) is 5.75 Å². The topological polar surface area (TPSA) is 182 Å². The summed E-state index contributed by atoms with van der Waals surface area (Å²) in [4.78, 5) is 26.8. The van der Waals surface area contributed by atoms with Gasteiger partial charge in [0, 0.05) is 47.2 Å². The number of carboxylic acid groups (broad SMARTS) is 1. The molecule has 2 heterocycles. The van der Waals surface area contributed by atoms with Crippen molar-refractivity contribution in [1.29, 1.82) is 0 Å². The van der Waals surface area contributed by atoms with Gasteiger partial charge in [-0.15, -0.1) is 0 Å². The van der Waals surface area contributed by atoms with Gasteiger partial charge in [-0.1, -0.05) is 11.6 Å². The number of rotatable bonds is 7. The Labute approximate surface area is 223 Å². The average Bonchev–Trinajstić information content (AvgIpc) is 3.14. The summed E-state index contributed by atoms with van der Waals surface area (Å²) in [6, 6.07) is 2.07. The Morgan fingerprint density at radius 1 is 1.42 bits per heavy atom. The number of carboxylic acids is 1. The van der Waals surface area contributed by atoms with E-state index in [2.05, 4.69) is 26.2 Å². The van der Waals surface area contributed by atoms with Gasteiger partial charge in [-0.05, 0) is 28.1 Å². The number of aliphatic carboxylic acids is 1. The van der Waals surface area contributed by atoms with Crippen LogP contribution in [0, 0.1) is 0 Å². The summed E-state index contributed by atoms with van der Waals surface area (Å²) >= 11 is 9.61. The van der Waals surface area contributed by atoms with E-state index in [1.165, 1.54) is 6.20 Å². The number of carbonyl (C=O) groups is 2. The number of ether oxygens (including phenoxy) is 2. The summed E-state index contributed by atoms with van der Waals surface area (Å²) in [6.07, 6.45) is -6.09. The molecule has 1 aliphatic rings. The van der Waals surface area contributed by atoms with Crippen LogP contribution in [0.3, 0.4) is 0 Å². The van der Waals surface area contributed by atoms with Crippen LogP contribution in [0.1, 0.15) is 13.3 Å². The van der Waals surface area contributed by atoms with E-state index in [0.717, 1.165) is 6.92 Å². The van der Waals surface area contributed by atoms with Crippen LogP contribution in [0.15, 0.2) is 22.8 Å². The molecule has 1 saturated heterocycles. The van der Waals surface area contributed by atoms with E-state index >= 15 is 0 Å². The molecule has 7 N–H and O–H groups in total. The number of halogens is 2. The molecule has 33 heavy (non-hydrogen) atoms. The Bertz CT molecular complexity index is 1020. The van der Waals surface area contributed by atoms with Crippen molar-refractivity contribution in [1.82, 2.24) is 10.3 Å². The van der Waals surface area contributed by atoms with Crippen LogP contribution < -0.4 is 10.1 Å². The Kier molecular flexibility index (Phi) is 9.61. The summed E-state index contributed by atoms with van der Waals surface area (Å²) in [7, 11) is 0. The summed E-state index contributed by atoms with van der Waals surface area (Å²) in [5.74, 6) is -4.75. The van der Waals surface area contributed by atoms with Crippen molar-refractivity contribution in [2.45, 2.75) is 49.6 Å². The molecule has 11 nitrogen and oxygen atoms in total. The van der Waals surface area contributed by atoms with Crippen molar-refractivity contribution >= 4 is 79.9 Å². The standard InChI is InChI=1S/C19H22BrClN2O9.Na/c1-7(25)23-15-10(26)4-19(18(29)30,32-17(15)16(28)11(27)6-24)31-12-5-22-9-3-2-8(20)14(21)13(9)12;/h2-3,5,10-11,15-17,22,24,26-28H,4,6H2,1H3,(H,23,25)(H,29,30);. The summed E-state index contributed by atoms with van der Waals surface area (Å²) in [5, 5.41) is 53.2. The van der Waals surface area contributed by atoms with Crippen LogP contribution in [0.2, 0.25) is 5.02 Å². The number of fused-ring (bicyclic) bond motifs is 1. The molecule has 3 rings (SSSR count). The van der Waals surface area contributed by atoms with Gasteiger partial charge in [0.2, 0.25) is 5.91 Å². The number of amides is 1. The number of nitrogens with one attached hydrogen (secondary N) is 2. The predicted molar refractivity (Wildman–Crippen MR) is 120 cm³/mol. The number of aliphatic hydroxyl groups excluding tert-OH is 4. The largest absolute Gasteiger partial charge is 0.476 e. The zero-order chi connectivity index (χ0) is 23.8. The van der Waals surface area contributed by atoms with Crippen molar-refractivity contribution in [3.05, 3.63) is 27.8 Å². The minimum Gasteiger partial charge on any atom is -0.476 e. The molecule has 6 atom stereocenters. The first kappa shape index (κ1) is 28.3. The summed E-state index contributed by atoms with van der Waals surface area (Å²) < 4.78 is 11.9. The smallest absolute Gasteiger partial charge is 0.377 e. The van der Waals surface area contributed by atoms with E-state index in [9.17, 15) is 35.1 Å². The third-order valence-electron chi connectivity index (χ3n) is 5.16. The maximum absolute atomic E-state index is 12.3. The molecule has 1 aromatic heterocycles. The zero-order valence-electron chi connectivity index (χ0n) is 17.7. The Hall–Kier alpha value is -0.930. The molecular formula is C19H22BrClN2NaO9. The number of benzene rings is 1. The van der Waals surface area contributed by atoms with Crippen molar-refractivity contribution in [2.24, 2.45) is 0 Å². The van der Waals surface area contributed by atoms with Gasteiger partial charge in [0.1, 0.15) is 18.3 Å². The quantitative estimate of drug-likeness (QED) is 0.224. The molecule has 1 aromatic carbocycles. The molecule has 14 heteroatoms. The monoisotopic (exact) mass is 559 g/mol. The molecule has 0 saturated carbocycles. The van der Waals surface area contributed by atoms with Gasteiger partial charge in [0.25, 0.3) is 0 Å².